The Morgan fingerprint density at radius 2 is 1.85 bits per heavy atom. The molecule has 1 fully saturated rings. The van der Waals surface area contributed by atoms with Crippen LogP contribution < -0.4 is 14.8 Å². The number of thiophene rings is 1. The van der Waals surface area contributed by atoms with Crippen LogP contribution in [0.2, 0.25) is 25.7 Å². The van der Waals surface area contributed by atoms with Crippen molar-refractivity contribution in [3.8, 4) is 11.5 Å². The van der Waals surface area contributed by atoms with Crippen molar-refractivity contribution in [1.29, 1.82) is 0 Å². The van der Waals surface area contributed by atoms with E-state index >= 15 is 0 Å². The van der Waals surface area contributed by atoms with Crippen molar-refractivity contribution in [3.63, 3.8) is 0 Å². The average Bonchev–Trinajstić information content (AvgIpc) is 3.24. The number of rotatable bonds is 10. The number of hydrogen-bond donors (Lipinski definition) is 2. The van der Waals surface area contributed by atoms with E-state index < -0.39 is 30.7 Å². The van der Waals surface area contributed by atoms with Crippen LogP contribution in [0.1, 0.15) is 43.3 Å². The van der Waals surface area contributed by atoms with Crippen LogP contribution in [-0.4, -0.2) is 67.5 Å². The normalized spacial score (nSPS) is 15.3. The molecule has 1 aromatic heterocycles. The van der Waals surface area contributed by atoms with Gasteiger partial charge in [0, 0.05) is 57.6 Å². The molecule has 40 heavy (non-hydrogen) atoms. The number of nitro groups is 1. The van der Waals surface area contributed by atoms with E-state index in [9.17, 15) is 24.8 Å². The van der Waals surface area contributed by atoms with Crippen molar-refractivity contribution in [2.45, 2.75) is 64.9 Å². The summed E-state index contributed by atoms with van der Waals surface area (Å²) < 4.78 is 17.4. The summed E-state index contributed by atoms with van der Waals surface area (Å²) in [5.74, 6) is 0.236. The minimum absolute atomic E-state index is 0.160. The lowest BCUT2D eigenvalue weighted by molar-refractivity contribution is -0.383. The molecule has 2 aromatic rings. The predicted octanol–water partition coefficient (Wildman–Crippen LogP) is 6.84. The molecule has 0 saturated carbocycles. The molecule has 1 aliphatic heterocycles. The highest BCUT2D eigenvalue weighted by Gasteiger charge is 2.47. The van der Waals surface area contributed by atoms with Crippen LogP contribution in [0.4, 0.5) is 21.2 Å². The van der Waals surface area contributed by atoms with Crippen molar-refractivity contribution in [2.75, 3.05) is 32.1 Å². The maximum Gasteiger partial charge on any atom is 0.407 e. The Balaban J connectivity index is 1.92. The average molecular weight is 594 g/mol. The van der Waals surface area contributed by atoms with Gasteiger partial charge in [-0.15, -0.1) is 11.3 Å². The van der Waals surface area contributed by atoms with Crippen molar-refractivity contribution in [3.05, 3.63) is 39.3 Å². The standard InChI is InChI=1S/C27H39N3O8SSi/c1-26(2,3)27(10-12-29(13-11-27)25(32)33)38-18-8-9-20(30(34)35)19(16-18)28-22-17-21(23(39-22)24(31)36-4)37-14-15-40(5,6)7/h8-9,16-17,28H,10-15H2,1-7H3,(H,32,33). The molecule has 2 heterocycles. The summed E-state index contributed by atoms with van der Waals surface area (Å²) in [6, 6.07) is 7.05. The molecule has 0 spiro atoms. The Labute approximate surface area is 239 Å². The third-order valence-electron chi connectivity index (χ3n) is 7.12. The summed E-state index contributed by atoms with van der Waals surface area (Å²) >= 11 is 1.09. The van der Waals surface area contributed by atoms with Crippen molar-refractivity contribution >= 4 is 47.8 Å². The van der Waals surface area contributed by atoms with Crippen LogP contribution in [-0.2, 0) is 4.74 Å². The van der Waals surface area contributed by atoms with Crippen LogP contribution in [0, 0.1) is 15.5 Å². The second-order valence-electron chi connectivity index (χ2n) is 12.1. The quantitative estimate of drug-likeness (QED) is 0.131. The van der Waals surface area contributed by atoms with Crippen LogP contribution in [0.15, 0.2) is 24.3 Å². The zero-order chi connectivity index (χ0) is 29.9. The van der Waals surface area contributed by atoms with E-state index in [1.54, 1.807) is 18.2 Å². The third-order valence-corrected chi connectivity index (χ3v) is 9.84. The summed E-state index contributed by atoms with van der Waals surface area (Å²) in [4.78, 5) is 36.9. The van der Waals surface area contributed by atoms with E-state index in [0.717, 1.165) is 17.4 Å². The number of carboxylic acid groups (broad SMARTS) is 1. The van der Waals surface area contributed by atoms with Gasteiger partial charge in [0.1, 0.15) is 22.8 Å². The van der Waals surface area contributed by atoms with Crippen LogP contribution in [0.5, 0.6) is 11.5 Å². The lowest BCUT2D eigenvalue weighted by atomic mass is 9.70. The Kier molecular flexibility index (Phi) is 9.40. The number of likely N-dealkylation sites (tertiary alicyclic amines) is 1. The number of carbonyl (C=O) groups excluding carboxylic acids is 1. The van der Waals surface area contributed by atoms with Crippen LogP contribution in [0.25, 0.3) is 0 Å². The van der Waals surface area contributed by atoms with E-state index in [-0.39, 0.29) is 21.7 Å². The summed E-state index contributed by atoms with van der Waals surface area (Å²) in [7, 11) is -0.0761. The van der Waals surface area contributed by atoms with Crippen molar-refractivity contribution in [2.24, 2.45) is 5.41 Å². The molecule has 0 bridgehead atoms. The van der Waals surface area contributed by atoms with E-state index in [2.05, 4.69) is 25.0 Å². The number of esters is 1. The smallest absolute Gasteiger partial charge is 0.407 e. The van der Waals surface area contributed by atoms with Gasteiger partial charge in [-0.2, -0.15) is 0 Å². The molecule has 1 aromatic carbocycles. The molecule has 220 valence electrons. The van der Waals surface area contributed by atoms with Gasteiger partial charge in [-0.3, -0.25) is 10.1 Å². The number of nitro benzene ring substituents is 1. The maximum atomic E-state index is 12.4. The Morgan fingerprint density at radius 1 is 1.20 bits per heavy atom. The molecule has 13 heteroatoms. The summed E-state index contributed by atoms with van der Waals surface area (Å²) in [5, 5.41) is 24.8. The molecule has 1 saturated heterocycles. The number of carbonyl (C=O) groups is 2. The highest BCUT2D eigenvalue weighted by atomic mass is 32.1. The van der Waals surface area contributed by atoms with Gasteiger partial charge >= 0.3 is 12.1 Å². The molecule has 0 aliphatic carbocycles. The zero-order valence-corrected chi connectivity index (χ0v) is 26.0. The first-order chi connectivity index (χ1) is 18.5. The summed E-state index contributed by atoms with van der Waals surface area (Å²) in [6.07, 6.45) is -0.00207. The SMILES string of the molecule is COC(=O)c1sc(Nc2cc(OC3(C(C)(C)C)CCN(C(=O)O)CC3)ccc2[N+](=O)[O-])cc1OCC[Si](C)(C)C. The number of nitrogens with zero attached hydrogens (tertiary/aromatic N) is 2. The largest absolute Gasteiger partial charge is 0.492 e. The predicted molar refractivity (Wildman–Crippen MR) is 157 cm³/mol. The number of methoxy groups -OCH3 is 1. The Bertz CT molecular complexity index is 1240. The van der Waals surface area contributed by atoms with E-state index in [4.69, 9.17) is 14.2 Å². The fourth-order valence-electron chi connectivity index (χ4n) is 4.51. The second-order valence-corrected chi connectivity index (χ2v) is 18.8. The van der Waals surface area contributed by atoms with Crippen molar-refractivity contribution < 1.29 is 33.8 Å². The van der Waals surface area contributed by atoms with E-state index in [1.807, 2.05) is 20.8 Å². The number of piperidine rings is 1. The number of anilines is 2. The lowest BCUT2D eigenvalue weighted by Gasteiger charge is -2.49. The number of hydrogen-bond acceptors (Lipinski definition) is 9. The molecule has 3 rings (SSSR count). The van der Waals surface area contributed by atoms with Gasteiger partial charge in [0.15, 0.2) is 4.88 Å². The van der Waals surface area contributed by atoms with E-state index in [1.165, 1.54) is 18.1 Å². The first kappa shape index (κ1) is 31.2. The fraction of sp³-hybridized carbons (Fsp3) is 0.556. The topological polar surface area (TPSA) is 140 Å². The highest BCUT2D eigenvalue weighted by molar-refractivity contribution is 7.18. The second kappa shape index (κ2) is 12.0. The van der Waals surface area contributed by atoms with Gasteiger partial charge < -0.3 is 29.5 Å². The molecule has 0 radical (unpaired) electrons. The summed E-state index contributed by atoms with van der Waals surface area (Å²) in [6.45, 7) is 13.9. The highest BCUT2D eigenvalue weighted by Crippen LogP contribution is 2.44. The van der Waals surface area contributed by atoms with Crippen LogP contribution >= 0.6 is 11.3 Å². The van der Waals surface area contributed by atoms with Gasteiger partial charge in [0.25, 0.3) is 5.69 Å². The zero-order valence-electron chi connectivity index (χ0n) is 24.2. The Hall–Kier alpha value is -3.32. The first-order valence-corrected chi connectivity index (χ1v) is 17.6. The summed E-state index contributed by atoms with van der Waals surface area (Å²) in [5.41, 5.74) is -0.976. The Morgan fingerprint density at radius 3 is 2.38 bits per heavy atom. The molecular weight excluding hydrogens is 554 g/mol. The lowest BCUT2D eigenvalue weighted by Crippen LogP contribution is -2.56. The minimum Gasteiger partial charge on any atom is -0.492 e. The van der Waals surface area contributed by atoms with Gasteiger partial charge in [0.05, 0.1) is 23.6 Å². The minimum atomic E-state index is -1.37. The number of ether oxygens (including phenoxy) is 3. The molecule has 2 N–H and O–H groups in total. The molecular formula is C27H39N3O8SSi. The third kappa shape index (κ3) is 7.45. The molecule has 0 atom stereocenters. The van der Waals surface area contributed by atoms with Gasteiger partial charge in [-0.25, -0.2) is 9.59 Å². The molecule has 1 amide bonds. The number of benzene rings is 1. The first-order valence-electron chi connectivity index (χ1n) is 13.1. The molecule has 0 unspecified atom stereocenters. The van der Waals surface area contributed by atoms with Gasteiger partial charge in [0.2, 0.25) is 0 Å². The monoisotopic (exact) mass is 593 g/mol. The fourth-order valence-corrected chi connectivity index (χ4v) is 6.15. The van der Waals surface area contributed by atoms with Crippen molar-refractivity contribution in [1.82, 2.24) is 4.90 Å². The van der Waals surface area contributed by atoms with Crippen LogP contribution in [0.3, 0.4) is 0 Å². The van der Waals surface area contributed by atoms with Gasteiger partial charge in [-0.05, 0) is 12.1 Å². The molecule has 1 aliphatic rings. The van der Waals surface area contributed by atoms with E-state index in [0.29, 0.717) is 49.0 Å². The van der Waals surface area contributed by atoms with Gasteiger partial charge in [-0.1, -0.05) is 40.4 Å². The number of amides is 1. The number of nitrogens with one attached hydrogen (secondary N) is 1. The maximum absolute atomic E-state index is 12.4. The molecule has 11 nitrogen and oxygen atoms in total.